The molecule has 4 heteroatoms. The van der Waals surface area contributed by atoms with Crippen molar-refractivity contribution >= 4 is 41.2 Å². The van der Waals surface area contributed by atoms with E-state index >= 15 is 0 Å². The molecular formula is C4H10SSi3. The molecule has 44 valence electrons. The fourth-order valence-electron chi connectivity index (χ4n) is 0.375. The molecule has 0 aliphatic carbocycles. The lowest BCUT2D eigenvalue weighted by Crippen LogP contribution is -2.38. The first-order valence-electron chi connectivity index (χ1n) is 2.47. The number of thiol groups is 1. The summed E-state index contributed by atoms with van der Waals surface area (Å²) in [5.41, 5.74) is 0. The highest BCUT2D eigenvalue weighted by Gasteiger charge is 2.18. The van der Waals surface area contributed by atoms with Gasteiger partial charge in [0.1, 0.15) is 0 Å². The smallest absolute Gasteiger partial charge is 0.0465 e. The molecule has 0 fully saturated rings. The summed E-state index contributed by atoms with van der Waals surface area (Å²) in [6.45, 7) is 6.71. The van der Waals surface area contributed by atoms with Gasteiger partial charge in [0.2, 0.25) is 0 Å². The SMILES string of the molecule is C[Si]C(S)([Si]C)[Si]C. The average Bonchev–Trinajstić information content (AvgIpc) is 1.87. The molecule has 0 aliphatic rings. The second-order valence-electron chi connectivity index (χ2n) is 1.46. The van der Waals surface area contributed by atoms with E-state index in [1.165, 1.54) is 0 Å². The molecule has 8 heavy (non-hydrogen) atoms. The van der Waals surface area contributed by atoms with Crippen molar-refractivity contribution in [2.45, 2.75) is 23.3 Å². The standard InChI is InChI=1S/C4H10SSi3/c1-6-4(5,7-2)8-3/h5H,1-3H3. The van der Waals surface area contributed by atoms with Crippen LogP contribution in [0, 0.1) is 0 Å². The maximum atomic E-state index is 4.56. The van der Waals surface area contributed by atoms with Crippen molar-refractivity contribution in [1.82, 2.24) is 0 Å². The molecule has 0 atom stereocenters. The van der Waals surface area contributed by atoms with Crippen LogP contribution >= 0.6 is 12.6 Å². The van der Waals surface area contributed by atoms with E-state index in [1.54, 1.807) is 0 Å². The average molecular weight is 174 g/mol. The Morgan fingerprint density at radius 1 is 1.00 bits per heavy atom. The molecule has 0 N–H and O–H groups in total. The Labute approximate surface area is 64.7 Å². The van der Waals surface area contributed by atoms with Gasteiger partial charge in [0, 0.05) is 28.6 Å². The molecule has 0 bridgehead atoms. The molecule has 0 aromatic heterocycles. The summed E-state index contributed by atoms with van der Waals surface area (Å²) in [4.78, 5) is 0. The normalized spacial score (nSPS) is 12.0. The van der Waals surface area contributed by atoms with Gasteiger partial charge in [-0.3, -0.25) is 0 Å². The van der Waals surface area contributed by atoms with E-state index in [0.717, 1.165) is 28.6 Å². The maximum absolute atomic E-state index is 4.56. The number of hydrogen-bond donors (Lipinski definition) is 1. The summed E-state index contributed by atoms with van der Waals surface area (Å²) in [6, 6.07) is 0. The van der Waals surface area contributed by atoms with Crippen molar-refractivity contribution in [3.63, 3.8) is 0 Å². The minimum atomic E-state index is 0.403. The number of hydrogen-bond acceptors (Lipinski definition) is 1. The van der Waals surface area contributed by atoms with E-state index in [9.17, 15) is 0 Å². The van der Waals surface area contributed by atoms with E-state index in [0.29, 0.717) is 3.62 Å². The molecule has 0 nitrogen and oxygen atoms in total. The highest BCUT2D eigenvalue weighted by atomic mass is 32.1. The summed E-state index contributed by atoms with van der Waals surface area (Å²) in [7, 11) is 2.97. The fourth-order valence-corrected chi connectivity index (χ4v) is 3.38. The Balaban J connectivity index is 3.58. The van der Waals surface area contributed by atoms with Crippen LogP contribution in [0.25, 0.3) is 0 Å². The zero-order valence-electron chi connectivity index (χ0n) is 5.45. The van der Waals surface area contributed by atoms with E-state index in [1.807, 2.05) is 0 Å². The van der Waals surface area contributed by atoms with Crippen molar-refractivity contribution in [2.24, 2.45) is 0 Å². The van der Waals surface area contributed by atoms with Crippen molar-refractivity contribution in [3.05, 3.63) is 0 Å². The lowest BCUT2D eigenvalue weighted by atomic mass is 11.7. The lowest BCUT2D eigenvalue weighted by Gasteiger charge is -2.20. The monoisotopic (exact) mass is 174 g/mol. The zero-order chi connectivity index (χ0) is 6.62. The predicted molar refractivity (Wildman–Crippen MR) is 46.6 cm³/mol. The van der Waals surface area contributed by atoms with Crippen LogP contribution in [0.15, 0.2) is 0 Å². The first kappa shape index (κ1) is 9.00. The van der Waals surface area contributed by atoms with Crippen LogP contribution in [0.1, 0.15) is 0 Å². The highest BCUT2D eigenvalue weighted by Crippen LogP contribution is 2.07. The Morgan fingerprint density at radius 2 is 1.25 bits per heavy atom. The minimum absolute atomic E-state index is 0.403. The largest absolute Gasteiger partial charge is 0.183 e. The number of rotatable bonds is 3. The summed E-state index contributed by atoms with van der Waals surface area (Å²) in [6.07, 6.45) is 0. The third-order valence-electron chi connectivity index (χ3n) is 1.09. The summed E-state index contributed by atoms with van der Waals surface area (Å²) in [5, 5.41) is 0. The molecule has 0 aromatic carbocycles. The molecule has 0 unspecified atom stereocenters. The van der Waals surface area contributed by atoms with Gasteiger partial charge in [-0.05, 0) is 3.62 Å². The molecule has 0 spiro atoms. The molecule has 0 amide bonds. The van der Waals surface area contributed by atoms with Gasteiger partial charge in [0.15, 0.2) is 0 Å². The molecule has 0 aliphatic heterocycles. The summed E-state index contributed by atoms with van der Waals surface area (Å²) >= 11 is 4.56. The van der Waals surface area contributed by atoms with Crippen molar-refractivity contribution < 1.29 is 0 Å². The first-order chi connectivity index (χ1) is 3.68. The van der Waals surface area contributed by atoms with Crippen molar-refractivity contribution in [2.75, 3.05) is 0 Å². The molecule has 0 saturated carbocycles. The Morgan fingerprint density at radius 3 is 1.25 bits per heavy atom. The third-order valence-corrected chi connectivity index (χ3v) is 9.77. The molecule has 0 rings (SSSR count). The van der Waals surface area contributed by atoms with Crippen LogP contribution < -0.4 is 0 Å². The zero-order valence-corrected chi connectivity index (χ0v) is 9.34. The summed E-state index contributed by atoms with van der Waals surface area (Å²) < 4.78 is 0.403. The van der Waals surface area contributed by atoms with Crippen LogP contribution in [0.5, 0.6) is 0 Å². The van der Waals surface area contributed by atoms with Crippen LogP contribution in [0.3, 0.4) is 0 Å². The quantitative estimate of drug-likeness (QED) is 0.475. The molecule has 0 heterocycles. The van der Waals surface area contributed by atoms with Gasteiger partial charge in [-0.1, -0.05) is 19.6 Å². The molecule has 0 saturated heterocycles. The molecule has 6 radical (unpaired) electrons. The second kappa shape index (κ2) is 3.92. The van der Waals surface area contributed by atoms with Crippen molar-refractivity contribution in [1.29, 1.82) is 0 Å². The Hall–Kier alpha value is 1.00. The fraction of sp³-hybridized carbons (Fsp3) is 1.00. The van der Waals surface area contributed by atoms with E-state index in [2.05, 4.69) is 32.3 Å². The van der Waals surface area contributed by atoms with E-state index in [4.69, 9.17) is 0 Å². The molecular weight excluding hydrogens is 164 g/mol. The van der Waals surface area contributed by atoms with Gasteiger partial charge in [-0.2, -0.15) is 12.6 Å². The van der Waals surface area contributed by atoms with Gasteiger partial charge in [-0.15, -0.1) is 0 Å². The van der Waals surface area contributed by atoms with Crippen LogP contribution in [-0.4, -0.2) is 32.2 Å². The summed E-state index contributed by atoms with van der Waals surface area (Å²) in [5.74, 6) is 0. The van der Waals surface area contributed by atoms with Gasteiger partial charge < -0.3 is 0 Å². The van der Waals surface area contributed by atoms with Crippen LogP contribution in [-0.2, 0) is 0 Å². The predicted octanol–water partition coefficient (Wildman–Crippen LogP) is 0.784. The maximum Gasteiger partial charge on any atom is 0.0465 e. The Bertz CT molecular complexity index is 54.0. The minimum Gasteiger partial charge on any atom is -0.183 e. The van der Waals surface area contributed by atoms with Crippen LogP contribution in [0.2, 0.25) is 19.6 Å². The second-order valence-corrected chi connectivity index (χ2v) is 8.64. The van der Waals surface area contributed by atoms with E-state index < -0.39 is 0 Å². The lowest BCUT2D eigenvalue weighted by molar-refractivity contribution is 1.63. The van der Waals surface area contributed by atoms with Gasteiger partial charge in [-0.25, -0.2) is 0 Å². The van der Waals surface area contributed by atoms with Crippen LogP contribution in [0.4, 0.5) is 0 Å². The van der Waals surface area contributed by atoms with E-state index in [-0.39, 0.29) is 0 Å². The molecule has 0 aromatic rings. The van der Waals surface area contributed by atoms with Gasteiger partial charge in [0.25, 0.3) is 0 Å². The van der Waals surface area contributed by atoms with Crippen molar-refractivity contribution in [3.8, 4) is 0 Å². The van der Waals surface area contributed by atoms with Gasteiger partial charge >= 0.3 is 0 Å². The Kier molecular flexibility index (Phi) is 4.41. The van der Waals surface area contributed by atoms with Gasteiger partial charge in [0.05, 0.1) is 0 Å². The highest BCUT2D eigenvalue weighted by molar-refractivity contribution is 7.87. The first-order valence-corrected chi connectivity index (χ1v) is 7.42. The third kappa shape index (κ3) is 2.52. The topological polar surface area (TPSA) is 0 Å².